The molecule has 0 radical (unpaired) electrons. The number of nitrogens with zero attached hydrogens (tertiary/aromatic N) is 1. The number of amides is 7. The number of alkyl halides is 1. The molecular formula is C53H67ClN6O16. The number of allylic oxidation sites excluding steroid dienone is 4. The number of anilines is 1. The van der Waals surface area contributed by atoms with Crippen LogP contribution in [-0.4, -0.2) is 136 Å². The van der Waals surface area contributed by atoms with Gasteiger partial charge in [0.2, 0.25) is 29.4 Å². The van der Waals surface area contributed by atoms with Gasteiger partial charge in [-0.15, -0.1) is 11.6 Å². The lowest BCUT2D eigenvalue weighted by Gasteiger charge is -2.64. The van der Waals surface area contributed by atoms with Gasteiger partial charge in [-0.3, -0.25) is 52.8 Å². The zero-order chi connectivity index (χ0) is 55.6. The first kappa shape index (κ1) is 58.5. The minimum absolute atomic E-state index is 0.00603. The molecule has 9 atom stereocenters. The minimum atomic E-state index is -1.69. The van der Waals surface area contributed by atoms with E-state index in [0.717, 1.165) is 10.5 Å². The van der Waals surface area contributed by atoms with Crippen LogP contribution in [0.3, 0.4) is 0 Å². The van der Waals surface area contributed by atoms with Gasteiger partial charge in [0.1, 0.15) is 32.5 Å². The summed E-state index contributed by atoms with van der Waals surface area (Å²) in [7, 11) is 0. The molecule has 76 heavy (non-hydrogen) atoms. The van der Waals surface area contributed by atoms with Crippen LogP contribution in [0.2, 0.25) is 0 Å². The van der Waals surface area contributed by atoms with Crippen molar-refractivity contribution in [2.75, 3.05) is 38.3 Å². The summed E-state index contributed by atoms with van der Waals surface area (Å²) >= 11 is 7.59. The summed E-state index contributed by atoms with van der Waals surface area (Å²) < 4.78 is 17.0. The highest BCUT2D eigenvalue weighted by molar-refractivity contribution is 6.26. The standard InChI is InChI=1S/C53H67ClN6O16/c1-5-47(71)76-53(31(2)23-37-36-15-12-33-24-35(61)20-21-50(33,3)52(36,54)39(62)25-51(37,53)4)40(63)29-74-30-57-42(65)26-56-49(73)75-28-32-10-13-34(14-11-32)58-48(72)38(16-19-46(69)70)59-43(66)27-55-41(64)9-7-6-8-22-60-44(67)17-18-45(60)68/h10-11,13-14,17-18,20-21,24,31,36-39,62H,5-9,12,15-16,19,22-23,25-30H2,1-4H3,(H,55,64)(H,56,73)(H,57,65)(H,58,72)(H,59,66)(H,69,70)/t31-,36-,37?,38-,39-,50-,51-,52-,53-/m0/s1. The smallest absolute Gasteiger partial charge is 0.407 e. The molecule has 0 saturated heterocycles. The number of Topliss-reactive ketones (excluding diaryl/α,β-unsaturated/α-hetero) is 1. The largest absolute Gasteiger partial charge is 0.481 e. The van der Waals surface area contributed by atoms with E-state index in [1.165, 1.54) is 42.5 Å². The first-order valence-corrected chi connectivity index (χ1v) is 25.9. The quantitative estimate of drug-likeness (QED) is 0.0243. The van der Waals surface area contributed by atoms with E-state index in [1.807, 2.05) is 20.8 Å². The van der Waals surface area contributed by atoms with Crippen LogP contribution in [0.5, 0.6) is 0 Å². The maximum Gasteiger partial charge on any atom is 0.407 e. The number of aliphatic hydroxyl groups is 1. The Morgan fingerprint density at radius 3 is 2.25 bits per heavy atom. The number of benzene rings is 1. The van der Waals surface area contributed by atoms with Gasteiger partial charge < -0.3 is 51.0 Å². The molecule has 23 heteroatoms. The number of carbonyl (C=O) groups excluding carboxylic acids is 10. The molecule has 1 aromatic rings. The van der Waals surface area contributed by atoms with Gasteiger partial charge in [-0.05, 0) is 86.6 Å². The van der Waals surface area contributed by atoms with Crippen LogP contribution in [0.1, 0.15) is 104 Å². The van der Waals surface area contributed by atoms with E-state index in [0.29, 0.717) is 44.1 Å². The second-order valence-electron chi connectivity index (χ2n) is 20.4. The summed E-state index contributed by atoms with van der Waals surface area (Å²) in [5.74, 6) is -6.86. The third-order valence-electron chi connectivity index (χ3n) is 15.7. The van der Waals surface area contributed by atoms with E-state index < -0.39 is 120 Å². The van der Waals surface area contributed by atoms with Gasteiger partial charge in [0.25, 0.3) is 11.8 Å². The van der Waals surface area contributed by atoms with Gasteiger partial charge in [-0.25, -0.2) is 4.79 Å². The number of esters is 1. The molecule has 1 heterocycles. The molecule has 5 aliphatic rings. The third-order valence-corrected chi connectivity index (χ3v) is 16.6. The van der Waals surface area contributed by atoms with Crippen molar-refractivity contribution in [2.45, 2.75) is 128 Å². The summed E-state index contributed by atoms with van der Waals surface area (Å²) in [5.41, 5.74) is -1.96. The Bertz CT molecular complexity index is 2550. The number of nitrogens with one attached hydrogen (secondary N) is 5. The Morgan fingerprint density at radius 1 is 0.868 bits per heavy atom. The fraction of sp³-hybridized carbons (Fsp3) is 0.566. The van der Waals surface area contributed by atoms with Crippen LogP contribution in [0.15, 0.2) is 60.2 Å². The molecule has 0 spiro atoms. The highest BCUT2D eigenvalue weighted by atomic mass is 35.5. The summed E-state index contributed by atoms with van der Waals surface area (Å²) in [6, 6.07) is 4.74. The van der Waals surface area contributed by atoms with Gasteiger partial charge in [-0.1, -0.05) is 57.9 Å². The molecule has 3 fully saturated rings. The second-order valence-corrected chi connectivity index (χ2v) is 21.0. The van der Waals surface area contributed by atoms with Crippen LogP contribution in [0, 0.1) is 28.6 Å². The molecule has 1 aromatic carbocycles. The van der Waals surface area contributed by atoms with Crippen molar-refractivity contribution in [1.29, 1.82) is 0 Å². The zero-order valence-electron chi connectivity index (χ0n) is 43.0. The number of alkyl carbamates (subject to hydrolysis) is 1. The lowest BCUT2D eigenvalue weighted by molar-refractivity contribution is -0.203. The summed E-state index contributed by atoms with van der Waals surface area (Å²) in [6.45, 7) is 5.26. The van der Waals surface area contributed by atoms with Crippen LogP contribution in [0.4, 0.5) is 10.5 Å². The average Bonchev–Trinajstić information content (AvgIpc) is 3.91. The molecule has 0 aromatic heterocycles. The monoisotopic (exact) mass is 1080 g/mol. The maximum absolute atomic E-state index is 14.5. The number of carbonyl (C=O) groups is 11. The van der Waals surface area contributed by atoms with E-state index in [2.05, 4.69) is 26.6 Å². The number of imide groups is 1. The van der Waals surface area contributed by atoms with Crippen molar-refractivity contribution in [3.8, 4) is 0 Å². The van der Waals surface area contributed by atoms with E-state index in [4.69, 9.17) is 25.8 Å². The number of fused-ring (bicyclic) bond motifs is 5. The molecule has 1 unspecified atom stereocenters. The van der Waals surface area contributed by atoms with Gasteiger partial charge in [0, 0.05) is 60.4 Å². The molecule has 0 bridgehead atoms. The fourth-order valence-corrected chi connectivity index (χ4v) is 12.3. The molecule has 1 aliphatic heterocycles. The predicted octanol–water partition coefficient (Wildman–Crippen LogP) is 3.04. The van der Waals surface area contributed by atoms with Crippen molar-refractivity contribution in [1.82, 2.24) is 26.2 Å². The highest BCUT2D eigenvalue weighted by Gasteiger charge is 2.76. The van der Waals surface area contributed by atoms with E-state index in [-0.39, 0.29) is 74.0 Å². The molecule has 4 aliphatic carbocycles. The second kappa shape index (κ2) is 24.9. The summed E-state index contributed by atoms with van der Waals surface area (Å²) in [4.78, 5) is 138. The lowest BCUT2D eigenvalue weighted by Crippen LogP contribution is -2.69. The van der Waals surface area contributed by atoms with Gasteiger partial charge in [0.15, 0.2) is 11.4 Å². The number of unbranched alkanes of at least 4 members (excludes halogenated alkanes) is 2. The summed E-state index contributed by atoms with van der Waals surface area (Å²) in [5, 5.41) is 33.5. The molecule has 3 saturated carbocycles. The predicted molar refractivity (Wildman–Crippen MR) is 270 cm³/mol. The highest BCUT2D eigenvalue weighted by Crippen LogP contribution is 2.72. The molecule has 412 valence electrons. The Morgan fingerprint density at radius 2 is 1.57 bits per heavy atom. The Labute approximate surface area is 444 Å². The number of carboxylic acids is 1. The van der Waals surface area contributed by atoms with Crippen molar-refractivity contribution in [3.63, 3.8) is 0 Å². The molecule has 7 amide bonds. The number of ether oxygens (including phenoxy) is 3. The molecule has 7 N–H and O–H groups in total. The first-order chi connectivity index (χ1) is 36.0. The number of rotatable bonds is 25. The SMILES string of the molecule is CCC(=O)O[C@]1(C(=O)COCNC(=O)CNC(=O)OCc2ccc(NC(=O)[C@H](CCC(=O)O)NC(=O)CNC(=O)CCCCCN3C(=O)C=CC3=O)cc2)[C@@H](C)CC2[C@@H]3CCC4=CC(=O)C=C[C@]4(C)[C@@]3(Cl)[C@@H](O)C[C@@]21C. The minimum Gasteiger partial charge on any atom is -0.481 e. The topological polar surface area (TPSA) is 319 Å². The van der Waals surface area contributed by atoms with E-state index in [1.54, 1.807) is 19.1 Å². The Kier molecular flexibility index (Phi) is 19.2. The number of hydrogen-bond acceptors (Lipinski definition) is 15. The third kappa shape index (κ3) is 12.7. The number of ketones is 2. The van der Waals surface area contributed by atoms with Crippen molar-refractivity contribution < 1.29 is 77.2 Å². The number of aliphatic hydroxyl groups excluding tert-OH is 1. The normalized spacial score (nSPS) is 27.5. The Hall–Kier alpha value is -6.78. The van der Waals surface area contributed by atoms with Crippen molar-refractivity contribution >= 4 is 82.3 Å². The lowest BCUT2D eigenvalue weighted by atomic mass is 9.45. The number of carboxylic acid groups (broad SMARTS) is 1. The molecule has 22 nitrogen and oxygen atoms in total. The van der Waals surface area contributed by atoms with Crippen molar-refractivity contribution in [3.05, 3.63) is 65.8 Å². The molecular weight excluding hydrogens is 1010 g/mol. The van der Waals surface area contributed by atoms with E-state index in [9.17, 15) is 63.0 Å². The average molecular weight is 1080 g/mol. The first-order valence-electron chi connectivity index (χ1n) is 25.5. The van der Waals surface area contributed by atoms with Gasteiger partial charge in [0.05, 0.1) is 17.5 Å². The fourth-order valence-electron chi connectivity index (χ4n) is 11.8. The number of halogens is 1. The summed E-state index contributed by atoms with van der Waals surface area (Å²) in [6.07, 6.45) is 7.63. The maximum atomic E-state index is 14.5. The molecule has 6 rings (SSSR count). The van der Waals surface area contributed by atoms with Crippen LogP contribution in [0.25, 0.3) is 0 Å². The van der Waals surface area contributed by atoms with Crippen LogP contribution < -0.4 is 26.6 Å². The Balaban J connectivity index is 0.912. The van der Waals surface area contributed by atoms with Crippen molar-refractivity contribution in [2.24, 2.45) is 28.6 Å². The van der Waals surface area contributed by atoms with Crippen LogP contribution in [-0.2, 0) is 68.8 Å². The number of hydrogen-bond donors (Lipinski definition) is 7. The van der Waals surface area contributed by atoms with Crippen LogP contribution >= 0.6 is 11.6 Å². The van der Waals surface area contributed by atoms with E-state index >= 15 is 0 Å². The number of aliphatic carboxylic acids is 1. The zero-order valence-corrected chi connectivity index (χ0v) is 43.8. The van der Waals surface area contributed by atoms with Gasteiger partial charge in [-0.2, -0.15) is 0 Å². The van der Waals surface area contributed by atoms with Gasteiger partial charge >= 0.3 is 18.0 Å².